The number of hydrogen-bond acceptors (Lipinski definition) is 4. The summed E-state index contributed by atoms with van der Waals surface area (Å²) in [6.45, 7) is 0.517. The Bertz CT molecular complexity index is 1160. The summed E-state index contributed by atoms with van der Waals surface area (Å²) in [6, 6.07) is 16.7. The van der Waals surface area contributed by atoms with Crippen LogP contribution in [0.25, 0.3) is 11.3 Å². The van der Waals surface area contributed by atoms with Gasteiger partial charge in [-0.2, -0.15) is 9.78 Å². The highest BCUT2D eigenvalue weighted by Gasteiger charge is 2.30. The number of nitrogens with one attached hydrogen (secondary N) is 2. The molecule has 2 aliphatic carbocycles. The summed E-state index contributed by atoms with van der Waals surface area (Å²) in [6.07, 6.45) is 5.78. The van der Waals surface area contributed by atoms with Crippen molar-refractivity contribution in [3.8, 4) is 17.0 Å². The van der Waals surface area contributed by atoms with Gasteiger partial charge in [0.15, 0.2) is 0 Å². The van der Waals surface area contributed by atoms with E-state index < -0.39 is 0 Å². The second kappa shape index (κ2) is 9.10. The smallest absolute Gasteiger partial charge is 0.342 e. The van der Waals surface area contributed by atoms with E-state index in [1.807, 2.05) is 36.4 Å². The number of nitrogens with zero attached hydrogens (tertiary/aromatic N) is 2. The van der Waals surface area contributed by atoms with Crippen molar-refractivity contribution in [3.63, 3.8) is 0 Å². The zero-order valence-corrected chi connectivity index (χ0v) is 18.5. The molecule has 3 aromatic rings. The molecule has 7 nitrogen and oxygen atoms in total. The van der Waals surface area contributed by atoms with Crippen LogP contribution >= 0.6 is 0 Å². The van der Waals surface area contributed by atoms with Crippen LogP contribution in [0.4, 0.5) is 10.5 Å². The van der Waals surface area contributed by atoms with E-state index in [-0.39, 0.29) is 23.6 Å². The normalized spacial score (nSPS) is 15.6. The van der Waals surface area contributed by atoms with E-state index >= 15 is 0 Å². The van der Waals surface area contributed by atoms with E-state index in [1.54, 1.807) is 12.1 Å². The van der Waals surface area contributed by atoms with Gasteiger partial charge in [-0.3, -0.25) is 4.79 Å². The van der Waals surface area contributed by atoms with E-state index in [4.69, 9.17) is 0 Å². The summed E-state index contributed by atoms with van der Waals surface area (Å²) in [7, 11) is 0. The number of aromatic nitrogens is 2. The fourth-order valence-corrected chi connectivity index (χ4v) is 4.13. The highest BCUT2D eigenvalue weighted by molar-refractivity contribution is 5.94. The number of anilines is 1. The van der Waals surface area contributed by atoms with Crippen molar-refractivity contribution in [2.75, 3.05) is 11.9 Å². The third kappa shape index (κ3) is 4.77. The van der Waals surface area contributed by atoms with Crippen LogP contribution < -0.4 is 10.6 Å². The lowest BCUT2D eigenvalue weighted by molar-refractivity contribution is -0.117. The number of aromatic hydroxyl groups is 1. The van der Waals surface area contributed by atoms with E-state index in [0.717, 1.165) is 49.8 Å². The molecular formula is C26H28N4O3. The molecule has 2 aromatic carbocycles. The molecule has 2 saturated carbocycles. The Morgan fingerprint density at radius 1 is 1.03 bits per heavy atom. The van der Waals surface area contributed by atoms with Gasteiger partial charge in [-0.1, -0.05) is 36.8 Å². The Morgan fingerprint density at radius 3 is 2.48 bits per heavy atom. The van der Waals surface area contributed by atoms with Crippen LogP contribution in [0.15, 0.2) is 54.6 Å². The molecule has 2 aliphatic rings. The van der Waals surface area contributed by atoms with Crippen molar-refractivity contribution < 1.29 is 14.7 Å². The maximum absolute atomic E-state index is 13.0. The molecule has 2 amide bonds. The minimum Gasteiger partial charge on any atom is -0.507 e. The number of benzene rings is 2. The highest BCUT2D eigenvalue weighted by atomic mass is 16.3. The van der Waals surface area contributed by atoms with Crippen LogP contribution in [0.5, 0.6) is 5.75 Å². The molecular weight excluding hydrogens is 416 g/mol. The van der Waals surface area contributed by atoms with Crippen LogP contribution in [0.3, 0.4) is 0 Å². The van der Waals surface area contributed by atoms with Crippen LogP contribution in [0.1, 0.15) is 49.3 Å². The van der Waals surface area contributed by atoms with Gasteiger partial charge in [-0.15, -0.1) is 0 Å². The molecule has 5 rings (SSSR count). The molecule has 0 aliphatic heterocycles. The van der Waals surface area contributed by atoms with Crippen molar-refractivity contribution in [1.82, 2.24) is 15.1 Å². The van der Waals surface area contributed by atoms with Crippen LogP contribution in [0.2, 0.25) is 0 Å². The molecule has 0 spiro atoms. The number of phenolic OH excluding ortho intramolecular Hbond substituents is 1. The molecule has 0 unspecified atom stereocenters. The highest BCUT2D eigenvalue weighted by Crippen LogP contribution is 2.39. The quantitative estimate of drug-likeness (QED) is 0.493. The van der Waals surface area contributed by atoms with Gasteiger partial charge in [0.1, 0.15) is 5.75 Å². The minimum absolute atomic E-state index is 0.00845. The molecule has 1 heterocycles. The second-order valence-electron chi connectivity index (χ2n) is 8.96. The molecule has 3 N–H and O–H groups in total. The first-order valence-electron chi connectivity index (χ1n) is 11.6. The summed E-state index contributed by atoms with van der Waals surface area (Å²) >= 11 is 0. The molecule has 33 heavy (non-hydrogen) atoms. The molecule has 170 valence electrons. The molecule has 0 atom stereocenters. The predicted molar refractivity (Wildman–Crippen MR) is 126 cm³/mol. The number of phenols is 1. The molecule has 0 saturated heterocycles. The summed E-state index contributed by atoms with van der Waals surface area (Å²) in [5.41, 5.74) is 3.69. The Hall–Kier alpha value is -3.61. The van der Waals surface area contributed by atoms with Crippen LogP contribution in [-0.2, 0) is 11.2 Å². The van der Waals surface area contributed by atoms with E-state index in [9.17, 15) is 14.7 Å². The monoisotopic (exact) mass is 444 g/mol. The van der Waals surface area contributed by atoms with Gasteiger partial charge in [0.05, 0.1) is 11.4 Å². The van der Waals surface area contributed by atoms with Crippen molar-refractivity contribution in [1.29, 1.82) is 0 Å². The molecule has 2 fully saturated rings. The Labute approximate surface area is 192 Å². The number of amides is 2. The lowest BCUT2D eigenvalue weighted by Gasteiger charge is -2.25. The van der Waals surface area contributed by atoms with Crippen molar-refractivity contribution in [2.24, 2.45) is 5.92 Å². The molecule has 1 aromatic heterocycles. The van der Waals surface area contributed by atoms with Gasteiger partial charge in [0, 0.05) is 35.7 Å². The molecule has 0 radical (unpaired) electrons. The summed E-state index contributed by atoms with van der Waals surface area (Å²) in [4.78, 5) is 25.0. The second-order valence-corrected chi connectivity index (χ2v) is 8.96. The van der Waals surface area contributed by atoms with Crippen molar-refractivity contribution >= 4 is 17.6 Å². The van der Waals surface area contributed by atoms with Gasteiger partial charge in [0.2, 0.25) is 5.91 Å². The van der Waals surface area contributed by atoms with Crippen LogP contribution in [-0.4, -0.2) is 33.4 Å². The fraction of sp³-hybridized carbons (Fsp3) is 0.346. The first kappa shape index (κ1) is 21.2. The van der Waals surface area contributed by atoms with Gasteiger partial charge < -0.3 is 15.7 Å². The molecule has 0 bridgehead atoms. The first-order chi connectivity index (χ1) is 16.1. The van der Waals surface area contributed by atoms with E-state index in [0.29, 0.717) is 29.4 Å². The first-order valence-corrected chi connectivity index (χ1v) is 11.6. The van der Waals surface area contributed by atoms with Crippen LogP contribution in [0, 0.1) is 5.92 Å². The fourth-order valence-electron chi connectivity index (χ4n) is 4.13. The largest absolute Gasteiger partial charge is 0.507 e. The zero-order chi connectivity index (χ0) is 22.8. The number of rotatable bonds is 7. The molecule has 7 heteroatoms. The Morgan fingerprint density at radius 2 is 1.82 bits per heavy atom. The van der Waals surface area contributed by atoms with Gasteiger partial charge in [-0.25, -0.2) is 4.79 Å². The summed E-state index contributed by atoms with van der Waals surface area (Å²) < 4.78 is 1.45. The van der Waals surface area contributed by atoms with Gasteiger partial charge in [-0.05, 0) is 55.9 Å². The average molecular weight is 445 g/mol. The standard InChI is InChI=1S/C26H28N4O3/c31-24-15-20(28-25(32)19-9-10-19)11-12-21(24)22-16-23(18-7-4-8-18)30(29-22)26(33)27-14-13-17-5-2-1-3-6-17/h1-3,5-6,11-12,15-16,18-19,31H,4,7-10,13-14H2,(H,27,33)(H,28,32). The number of hydrogen-bond donors (Lipinski definition) is 3. The lowest BCUT2D eigenvalue weighted by Crippen LogP contribution is -2.33. The number of carbonyl (C=O) groups excluding carboxylic acids is 2. The maximum atomic E-state index is 13.0. The lowest BCUT2D eigenvalue weighted by atomic mass is 9.82. The topological polar surface area (TPSA) is 96.3 Å². The maximum Gasteiger partial charge on any atom is 0.342 e. The third-order valence-corrected chi connectivity index (χ3v) is 6.47. The van der Waals surface area contributed by atoms with E-state index in [1.165, 1.54) is 10.7 Å². The zero-order valence-electron chi connectivity index (χ0n) is 18.5. The SMILES string of the molecule is O=C(Nc1ccc(-c2cc(C3CCC3)n(C(=O)NCCc3ccccc3)n2)c(O)c1)C1CC1. The summed E-state index contributed by atoms with van der Waals surface area (Å²) in [5.74, 6) is 0.405. The average Bonchev–Trinajstić information content (AvgIpc) is 3.54. The third-order valence-electron chi connectivity index (χ3n) is 6.47. The van der Waals surface area contributed by atoms with Crippen molar-refractivity contribution in [3.05, 3.63) is 65.9 Å². The van der Waals surface area contributed by atoms with Crippen molar-refractivity contribution in [2.45, 2.75) is 44.4 Å². The Balaban J connectivity index is 1.33. The minimum atomic E-state index is -0.258. The summed E-state index contributed by atoms with van der Waals surface area (Å²) in [5, 5.41) is 21.0. The van der Waals surface area contributed by atoms with Gasteiger partial charge >= 0.3 is 6.03 Å². The predicted octanol–water partition coefficient (Wildman–Crippen LogP) is 4.67. The van der Waals surface area contributed by atoms with E-state index in [2.05, 4.69) is 15.7 Å². The van der Waals surface area contributed by atoms with Gasteiger partial charge in [0.25, 0.3) is 0 Å². The Kier molecular flexibility index (Phi) is 5.86. The number of carbonyl (C=O) groups is 2.